The normalized spacial score (nSPS) is 11.0. The van der Waals surface area contributed by atoms with Gasteiger partial charge in [-0.15, -0.1) is 0 Å². The zero-order chi connectivity index (χ0) is 18.4. The summed E-state index contributed by atoms with van der Waals surface area (Å²) in [5, 5.41) is 2.72. The van der Waals surface area contributed by atoms with E-state index < -0.39 is 9.84 Å². The van der Waals surface area contributed by atoms with Crippen LogP contribution in [-0.4, -0.2) is 34.8 Å². The van der Waals surface area contributed by atoms with Crippen LogP contribution in [0.25, 0.3) is 0 Å². The molecule has 7 heteroatoms. The van der Waals surface area contributed by atoms with Gasteiger partial charge in [-0.05, 0) is 42.3 Å². The third-order valence-corrected chi connectivity index (χ3v) is 4.71. The van der Waals surface area contributed by atoms with Gasteiger partial charge in [-0.3, -0.25) is 4.79 Å². The zero-order valence-corrected chi connectivity index (χ0v) is 15.2. The summed E-state index contributed by atoms with van der Waals surface area (Å²) in [6.07, 6.45) is 1.88. The van der Waals surface area contributed by atoms with Crippen LogP contribution in [0.2, 0.25) is 0 Å². The van der Waals surface area contributed by atoms with Crippen LogP contribution >= 0.6 is 0 Å². The highest BCUT2D eigenvalue weighted by Gasteiger charge is 2.10. The van der Waals surface area contributed by atoms with Crippen molar-refractivity contribution in [2.75, 3.05) is 25.8 Å². The van der Waals surface area contributed by atoms with E-state index in [1.54, 1.807) is 32.4 Å². The van der Waals surface area contributed by atoms with E-state index >= 15 is 0 Å². The van der Waals surface area contributed by atoms with Gasteiger partial charge in [0.2, 0.25) is 5.91 Å². The number of aryl methyl sites for hydroxylation is 1. The molecule has 2 aromatic carbocycles. The zero-order valence-electron chi connectivity index (χ0n) is 14.4. The van der Waals surface area contributed by atoms with E-state index in [0.717, 1.165) is 11.8 Å². The van der Waals surface area contributed by atoms with Gasteiger partial charge < -0.3 is 14.8 Å². The second kappa shape index (κ2) is 8.02. The molecule has 0 unspecified atom stereocenters. The largest absolute Gasteiger partial charge is 0.497 e. The highest BCUT2D eigenvalue weighted by atomic mass is 32.2. The molecule has 0 aliphatic carbocycles. The van der Waals surface area contributed by atoms with Gasteiger partial charge in [0.05, 0.1) is 19.1 Å². The van der Waals surface area contributed by atoms with Crippen molar-refractivity contribution in [2.24, 2.45) is 0 Å². The molecule has 0 saturated heterocycles. The Labute approximate surface area is 147 Å². The Morgan fingerprint density at radius 3 is 2.24 bits per heavy atom. The van der Waals surface area contributed by atoms with Crippen LogP contribution in [0.4, 0.5) is 5.69 Å². The summed E-state index contributed by atoms with van der Waals surface area (Å²) < 4.78 is 33.5. The second-order valence-corrected chi connectivity index (χ2v) is 7.58. The molecule has 0 heterocycles. The Morgan fingerprint density at radius 2 is 1.68 bits per heavy atom. The van der Waals surface area contributed by atoms with Crippen LogP contribution in [0.3, 0.4) is 0 Å². The molecule has 0 atom stereocenters. The van der Waals surface area contributed by atoms with E-state index in [1.807, 2.05) is 12.1 Å². The number of benzene rings is 2. The van der Waals surface area contributed by atoms with Gasteiger partial charge in [0.25, 0.3) is 0 Å². The van der Waals surface area contributed by atoms with E-state index in [0.29, 0.717) is 23.6 Å². The molecular formula is C18H21NO5S. The average molecular weight is 363 g/mol. The van der Waals surface area contributed by atoms with Gasteiger partial charge in [0.15, 0.2) is 9.84 Å². The minimum absolute atomic E-state index is 0.169. The first kappa shape index (κ1) is 18.8. The molecule has 0 spiro atoms. The molecule has 6 nitrogen and oxygen atoms in total. The lowest BCUT2D eigenvalue weighted by Gasteiger charge is -2.09. The van der Waals surface area contributed by atoms with Crippen molar-refractivity contribution in [3.8, 4) is 11.5 Å². The molecule has 1 N–H and O–H groups in total. The van der Waals surface area contributed by atoms with Gasteiger partial charge in [-0.25, -0.2) is 8.42 Å². The summed E-state index contributed by atoms with van der Waals surface area (Å²) in [5.74, 6) is 1.12. The van der Waals surface area contributed by atoms with Crippen LogP contribution < -0.4 is 14.8 Å². The smallest absolute Gasteiger partial charge is 0.224 e. The van der Waals surface area contributed by atoms with Gasteiger partial charge in [0.1, 0.15) is 11.5 Å². The molecule has 0 saturated carbocycles. The van der Waals surface area contributed by atoms with Crippen molar-refractivity contribution in [1.29, 1.82) is 0 Å². The van der Waals surface area contributed by atoms with Gasteiger partial charge in [-0.2, -0.15) is 0 Å². The number of carbonyl (C=O) groups excluding carboxylic acids is 1. The van der Waals surface area contributed by atoms with Crippen molar-refractivity contribution < 1.29 is 22.7 Å². The number of nitrogens with one attached hydrogen (secondary N) is 1. The van der Waals surface area contributed by atoms with Crippen LogP contribution in [-0.2, 0) is 21.1 Å². The molecule has 0 aliphatic heterocycles. The van der Waals surface area contributed by atoms with Crippen molar-refractivity contribution in [2.45, 2.75) is 17.7 Å². The van der Waals surface area contributed by atoms with E-state index in [9.17, 15) is 13.2 Å². The Balaban J connectivity index is 2.02. The lowest BCUT2D eigenvalue weighted by Crippen LogP contribution is -2.12. The monoisotopic (exact) mass is 363 g/mol. The maximum atomic E-state index is 12.1. The van der Waals surface area contributed by atoms with Crippen LogP contribution in [0.15, 0.2) is 47.4 Å². The quantitative estimate of drug-likeness (QED) is 0.818. The Bertz CT molecular complexity index is 839. The maximum Gasteiger partial charge on any atom is 0.224 e. The molecule has 134 valence electrons. The molecular weight excluding hydrogens is 342 g/mol. The average Bonchev–Trinajstić information content (AvgIpc) is 2.59. The number of ether oxygens (including phenoxy) is 2. The van der Waals surface area contributed by atoms with Gasteiger partial charge in [0, 0.05) is 24.4 Å². The van der Waals surface area contributed by atoms with Gasteiger partial charge in [-0.1, -0.05) is 6.07 Å². The van der Waals surface area contributed by atoms with Crippen molar-refractivity contribution in [3.63, 3.8) is 0 Å². The molecule has 0 radical (unpaired) electrons. The predicted octanol–water partition coefficient (Wildman–Crippen LogP) is 2.68. The third kappa shape index (κ3) is 5.49. The molecule has 0 aliphatic rings. The van der Waals surface area contributed by atoms with Crippen LogP contribution in [0, 0.1) is 0 Å². The molecule has 0 bridgehead atoms. The summed E-state index contributed by atoms with van der Waals surface area (Å²) in [4.78, 5) is 12.3. The van der Waals surface area contributed by atoms with Crippen molar-refractivity contribution in [1.82, 2.24) is 0 Å². The number of hydrogen-bond acceptors (Lipinski definition) is 5. The number of rotatable bonds is 7. The highest BCUT2D eigenvalue weighted by Crippen LogP contribution is 2.23. The molecule has 2 aromatic rings. The van der Waals surface area contributed by atoms with E-state index in [4.69, 9.17) is 9.47 Å². The number of amides is 1. The topological polar surface area (TPSA) is 81.7 Å². The lowest BCUT2D eigenvalue weighted by atomic mass is 10.1. The number of methoxy groups -OCH3 is 2. The number of carbonyl (C=O) groups is 1. The fourth-order valence-electron chi connectivity index (χ4n) is 2.30. The molecule has 2 rings (SSSR count). The fraction of sp³-hybridized carbons (Fsp3) is 0.278. The second-order valence-electron chi connectivity index (χ2n) is 5.57. The number of hydrogen-bond donors (Lipinski definition) is 1. The number of anilines is 1. The van der Waals surface area contributed by atoms with Gasteiger partial charge >= 0.3 is 0 Å². The molecule has 25 heavy (non-hydrogen) atoms. The first-order chi connectivity index (χ1) is 11.8. The standard InChI is InChI=1S/C18H21NO5S/c1-23-15-9-13(10-16(12-15)24-2)7-8-18(20)19-14-5-4-6-17(11-14)25(3,21)22/h4-6,9-12H,7-8H2,1-3H3,(H,19,20). The maximum absolute atomic E-state index is 12.1. The predicted molar refractivity (Wildman–Crippen MR) is 96.0 cm³/mol. The number of sulfone groups is 1. The minimum atomic E-state index is -3.31. The minimum Gasteiger partial charge on any atom is -0.497 e. The Kier molecular flexibility index (Phi) is 6.03. The van der Waals surface area contributed by atoms with E-state index in [-0.39, 0.29) is 17.2 Å². The first-order valence-electron chi connectivity index (χ1n) is 7.64. The summed E-state index contributed by atoms with van der Waals surface area (Å²) in [7, 11) is -0.172. The first-order valence-corrected chi connectivity index (χ1v) is 9.53. The molecule has 1 amide bonds. The summed E-state index contributed by atoms with van der Waals surface area (Å²) in [6.45, 7) is 0. The van der Waals surface area contributed by atoms with E-state index in [1.165, 1.54) is 12.1 Å². The highest BCUT2D eigenvalue weighted by molar-refractivity contribution is 7.90. The van der Waals surface area contributed by atoms with Crippen LogP contribution in [0.1, 0.15) is 12.0 Å². The van der Waals surface area contributed by atoms with Crippen molar-refractivity contribution in [3.05, 3.63) is 48.0 Å². The SMILES string of the molecule is COc1cc(CCC(=O)Nc2cccc(S(C)(=O)=O)c2)cc(OC)c1. The molecule has 0 aromatic heterocycles. The van der Waals surface area contributed by atoms with E-state index in [2.05, 4.69) is 5.32 Å². The summed E-state index contributed by atoms with van der Waals surface area (Å²) >= 11 is 0. The van der Waals surface area contributed by atoms with Crippen molar-refractivity contribution >= 4 is 21.4 Å². The Morgan fingerprint density at radius 1 is 1.04 bits per heavy atom. The summed E-state index contributed by atoms with van der Waals surface area (Å²) in [6, 6.07) is 11.6. The Hall–Kier alpha value is -2.54. The summed E-state index contributed by atoms with van der Waals surface area (Å²) in [5.41, 5.74) is 1.37. The van der Waals surface area contributed by atoms with Crippen LogP contribution in [0.5, 0.6) is 11.5 Å². The third-order valence-electron chi connectivity index (χ3n) is 3.60. The lowest BCUT2D eigenvalue weighted by molar-refractivity contribution is -0.116. The fourth-order valence-corrected chi connectivity index (χ4v) is 2.96. The molecule has 0 fully saturated rings.